The van der Waals surface area contributed by atoms with Crippen LogP contribution in [0.1, 0.15) is 87.6 Å². The van der Waals surface area contributed by atoms with Crippen LogP contribution in [0.5, 0.6) is 11.5 Å². The van der Waals surface area contributed by atoms with Gasteiger partial charge in [0.25, 0.3) is 17.4 Å². The molecule has 0 unspecified atom stereocenters. The number of hydrogen-bond donors (Lipinski definition) is 6. The molecule has 440 valence electrons. The Labute approximate surface area is 475 Å². The van der Waals surface area contributed by atoms with E-state index in [9.17, 15) is 53.1 Å². The van der Waals surface area contributed by atoms with Crippen LogP contribution in [0.2, 0.25) is 0 Å². The van der Waals surface area contributed by atoms with Crippen molar-refractivity contribution in [3.05, 3.63) is 92.8 Å². The molecule has 26 heteroatoms. The molecule has 2 aromatic carbocycles. The first-order valence-corrected chi connectivity index (χ1v) is 27.4. The molecule has 4 aromatic rings. The molecule has 5 aliphatic rings. The van der Waals surface area contributed by atoms with Crippen LogP contribution in [0.3, 0.4) is 0 Å². The van der Waals surface area contributed by atoms with Crippen molar-refractivity contribution >= 4 is 70.1 Å². The van der Waals surface area contributed by atoms with E-state index in [-0.39, 0.29) is 81.5 Å². The molecule has 0 aliphatic carbocycles. The Morgan fingerprint density at radius 2 is 1.54 bits per heavy atom. The summed E-state index contributed by atoms with van der Waals surface area (Å²) in [4.78, 5) is 139. The van der Waals surface area contributed by atoms with Crippen LogP contribution in [-0.2, 0) is 89.2 Å². The lowest BCUT2D eigenvalue weighted by Gasteiger charge is -2.35. The Hall–Kier alpha value is -8.75. The molecule has 0 saturated carbocycles. The zero-order valence-corrected chi connectivity index (χ0v) is 46.3. The van der Waals surface area contributed by atoms with Crippen LogP contribution >= 0.6 is 0 Å². The zero-order chi connectivity index (χ0) is 59.1. The highest BCUT2D eigenvalue weighted by Gasteiger charge is 2.51. The number of imide groups is 1. The normalized spacial score (nSPS) is 17.9. The van der Waals surface area contributed by atoms with Crippen molar-refractivity contribution < 1.29 is 76.7 Å². The van der Waals surface area contributed by atoms with E-state index in [0.29, 0.717) is 60.3 Å². The van der Waals surface area contributed by atoms with E-state index >= 15 is 0 Å². The largest absolute Gasteiger partial charge is 0.510 e. The van der Waals surface area contributed by atoms with E-state index in [1.165, 1.54) is 31.2 Å². The number of hydrogen-bond acceptors (Lipinski definition) is 19. The van der Waals surface area contributed by atoms with Crippen molar-refractivity contribution in [2.75, 3.05) is 58.0 Å². The summed E-state index contributed by atoms with van der Waals surface area (Å²) in [6.07, 6.45) is -0.130. The topological polar surface area (TPSA) is 331 Å². The molecule has 0 bridgehead atoms. The second-order valence-corrected chi connectivity index (χ2v) is 21.1. The zero-order valence-electron chi connectivity index (χ0n) is 46.3. The first-order chi connectivity index (χ1) is 39.8. The summed E-state index contributed by atoms with van der Waals surface area (Å²) in [5.41, 5.74) is 1.65. The van der Waals surface area contributed by atoms with Gasteiger partial charge >= 0.3 is 18.1 Å². The minimum absolute atomic E-state index is 0.0643. The number of rotatable bonds is 24. The highest BCUT2D eigenvalue weighted by molar-refractivity contribution is 6.13. The summed E-state index contributed by atoms with van der Waals surface area (Å²) in [7, 11) is 0. The number of nitrogens with one attached hydrogen (secondary N) is 5. The molecule has 2 aromatic heterocycles. The second kappa shape index (κ2) is 25.6. The third-order valence-corrected chi connectivity index (χ3v) is 15.0. The smallest absolute Gasteiger partial charge is 0.481 e. The highest BCUT2D eigenvalue weighted by Crippen LogP contribution is 2.44. The monoisotopic (exact) mass is 1150 g/mol. The maximum Gasteiger partial charge on any atom is 0.510 e. The molecule has 9 rings (SSSR count). The number of ether oxygens (including phenoxy) is 6. The number of aliphatic carboxylic acids is 1. The van der Waals surface area contributed by atoms with Crippen LogP contribution in [0.25, 0.3) is 22.3 Å². The van der Waals surface area contributed by atoms with Crippen molar-refractivity contribution in [3.8, 4) is 22.9 Å². The first-order valence-electron chi connectivity index (χ1n) is 27.4. The molecule has 1 fully saturated rings. The fourth-order valence-corrected chi connectivity index (χ4v) is 10.5. The summed E-state index contributed by atoms with van der Waals surface area (Å²) in [6.45, 7) is 10.9. The number of fused-ring (bicyclic) bond motifs is 6. The lowest BCUT2D eigenvalue weighted by molar-refractivity contribution is -0.175. The molecule has 7 heterocycles. The number of carboxylic acid groups (broad SMARTS) is 1. The van der Waals surface area contributed by atoms with Gasteiger partial charge in [0.15, 0.2) is 11.5 Å². The molecule has 0 spiro atoms. The standard InChI is InChI=1S/C57H65N9O17/c1-5-57(39-24-43-50-37(27-66(43)54(75)38(39)29-79-55(57)76)36(26-58-15-17-64-18-20-78-21-19-64)35-23-44-45(82-30-81-44)25-41(35)62-50)83-56(77)80-28-33-6-8-34(9-7-33)60-52(73)40(10-13-49(70)71)63-51(72)32(4)59-53(74)42(22-31(2)3)61-46(67)14-16-65-47(68)11-12-48(65)69/h6-9,11-12,23-25,31-32,40,42,58H,5,10,13-22,26-30H2,1-4H3,(H,59,74)(H,60,73)(H,61,67)(H,63,72)(H,70,71)/t32-,40-,42+,57-/m0/s1. The number of carbonyl (C=O) groups is 9. The minimum atomic E-state index is -2.08. The maximum absolute atomic E-state index is 14.5. The average Bonchev–Trinajstić information content (AvgIpc) is 3.12. The average molecular weight is 1150 g/mol. The van der Waals surface area contributed by atoms with Crippen LogP contribution in [0.4, 0.5) is 10.5 Å². The van der Waals surface area contributed by atoms with E-state index in [2.05, 4.69) is 31.5 Å². The fraction of sp³-hybridized carbons (Fsp3) is 0.456. The Balaban J connectivity index is 0.833. The number of anilines is 1. The number of carbonyl (C=O) groups excluding carboxylic acids is 8. The van der Waals surface area contributed by atoms with Gasteiger partial charge in [-0.3, -0.25) is 48.2 Å². The lowest BCUT2D eigenvalue weighted by Crippen LogP contribution is -2.55. The van der Waals surface area contributed by atoms with Crippen LogP contribution in [0.15, 0.2) is 59.4 Å². The molecule has 5 aliphatic heterocycles. The summed E-state index contributed by atoms with van der Waals surface area (Å²) in [5, 5.41) is 24.1. The number of nitrogens with zero attached hydrogens (tertiary/aromatic N) is 4. The Kier molecular flexibility index (Phi) is 18.2. The van der Waals surface area contributed by atoms with Crippen molar-refractivity contribution in [2.24, 2.45) is 5.92 Å². The molecule has 26 nitrogen and oxygen atoms in total. The Morgan fingerprint density at radius 1 is 0.819 bits per heavy atom. The number of aromatic nitrogens is 2. The van der Waals surface area contributed by atoms with Crippen molar-refractivity contribution in [1.29, 1.82) is 0 Å². The summed E-state index contributed by atoms with van der Waals surface area (Å²) in [5.74, 6) is -5.19. The van der Waals surface area contributed by atoms with Crippen molar-refractivity contribution in [3.63, 3.8) is 0 Å². The van der Waals surface area contributed by atoms with Crippen molar-refractivity contribution in [1.82, 2.24) is 40.6 Å². The van der Waals surface area contributed by atoms with E-state index in [1.807, 2.05) is 19.9 Å². The number of amides is 6. The summed E-state index contributed by atoms with van der Waals surface area (Å²) in [6, 6.07) is 7.56. The van der Waals surface area contributed by atoms with Gasteiger partial charge in [-0.2, -0.15) is 0 Å². The minimum Gasteiger partial charge on any atom is -0.481 e. The second-order valence-electron chi connectivity index (χ2n) is 21.1. The molecule has 4 atom stereocenters. The summed E-state index contributed by atoms with van der Waals surface area (Å²) < 4.78 is 35.5. The van der Waals surface area contributed by atoms with Gasteiger partial charge in [-0.1, -0.05) is 32.9 Å². The van der Waals surface area contributed by atoms with Gasteiger partial charge in [0, 0.05) is 92.5 Å². The predicted molar refractivity (Wildman–Crippen MR) is 292 cm³/mol. The molecule has 6 N–H and O–H groups in total. The number of cyclic esters (lactones) is 1. The summed E-state index contributed by atoms with van der Waals surface area (Å²) >= 11 is 0. The first kappa shape index (κ1) is 58.9. The molecule has 6 amide bonds. The van der Waals surface area contributed by atoms with Crippen LogP contribution in [0, 0.1) is 5.92 Å². The van der Waals surface area contributed by atoms with Gasteiger partial charge in [0.1, 0.15) is 31.3 Å². The third kappa shape index (κ3) is 13.3. The van der Waals surface area contributed by atoms with Crippen LogP contribution < -0.4 is 41.6 Å². The molecular weight excluding hydrogens is 1080 g/mol. The van der Waals surface area contributed by atoms with Crippen LogP contribution in [-0.4, -0.2) is 149 Å². The van der Waals surface area contributed by atoms with Gasteiger partial charge in [-0.05, 0) is 67.5 Å². The Morgan fingerprint density at radius 3 is 2.24 bits per heavy atom. The van der Waals surface area contributed by atoms with Gasteiger partial charge in [0.2, 0.25) is 36.0 Å². The number of morpholine rings is 1. The van der Waals surface area contributed by atoms with Gasteiger partial charge in [-0.15, -0.1) is 0 Å². The molecular formula is C57H65N9O17. The van der Waals surface area contributed by atoms with Gasteiger partial charge < -0.3 is 64.7 Å². The SMILES string of the molecule is CC[C@@]1(OC(=O)OCc2ccc(NC(=O)[C@H](CCC(=O)O)NC(=O)[C@H](C)NC(=O)[C@@H](CC(C)C)NC(=O)CCN3C(=O)C=CC3=O)cc2)C(=O)OCc2c1cc1n(c2=O)Cc2c-1nc1cc3c(cc1c2CNCCN1CCOCC1)OCO3. The van der Waals surface area contributed by atoms with Crippen molar-refractivity contribution in [2.45, 2.75) is 110 Å². The highest BCUT2D eigenvalue weighted by atomic mass is 16.7. The van der Waals surface area contributed by atoms with Gasteiger partial charge in [0.05, 0.1) is 42.2 Å². The van der Waals surface area contributed by atoms with Gasteiger partial charge in [-0.25, -0.2) is 14.6 Å². The quantitative estimate of drug-likeness (QED) is 0.0293. The number of carboxylic acids is 1. The van der Waals surface area contributed by atoms with E-state index < -0.39 is 89.2 Å². The Bertz CT molecular complexity index is 3320. The molecule has 1 saturated heterocycles. The van der Waals surface area contributed by atoms with E-state index in [4.69, 9.17) is 33.4 Å². The van der Waals surface area contributed by atoms with E-state index in [0.717, 1.165) is 53.2 Å². The maximum atomic E-state index is 14.5. The number of pyridine rings is 2. The molecule has 0 radical (unpaired) electrons. The van der Waals surface area contributed by atoms with E-state index in [1.54, 1.807) is 23.6 Å². The number of benzene rings is 2. The predicted octanol–water partition coefficient (Wildman–Crippen LogP) is 2.23. The lowest BCUT2D eigenvalue weighted by atomic mass is 9.85. The fourth-order valence-electron chi connectivity index (χ4n) is 10.5. The third-order valence-electron chi connectivity index (χ3n) is 15.0. The number of esters is 1. The molecule has 83 heavy (non-hydrogen) atoms.